The topological polar surface area (TPSA) is 57.5 Å². The van der Waals surface area contributed by atoms with E-state index in [0.29, 0.717) is 17.9 Å². The number of aryl methyl sites for hydroxylation is 1. The number of hydrogen-bond acceptors (Lipinski definition) is 4. The van der Waals surface area contributed by atoms with Crippen LogP contribution in [0.25, 0.3) is 10.9 Å². The van der Waals surface area contributed by atoms with Crippen LogP contribution in [0.15, 0.2) is 53.6 Å². The summed E-state index contributed by atoms with van der Waals surface area (Å²) in [6, 6.07) is 12.0. The Kier molecular flexibility index (Phi) is 5.23. The van der Waals surface area contributed by atoms with Crippen molar-refractivity contribution in [3.05, 3.63) is 54.2 Å². The van der Waals surface area contributed by atoms with Gasteiger partial charge in [-0.05, 0) is 61.4 Å². The molecule has 138 valence electrons. The Balaban J connectivity index is 2.16. The first kappa shape index (κ1) is 18.3. The standard InChI is InChI=1S/C20H23NO4S/c1-4-6-15-14-21(20-12-9-17(25-5-2)13-19(15)20)26(22,23)18-10-7-16(24-3)8-11-18/h7-14H,4-6H2,1-3H3. The average Bonchev–Trinajstić information content (AvgIpc) is 3.01. The summed E-state index contributed by atoms with van der Waals surface area (Å²) in [6.45, 7) is 4.57. The zero-order valence-corrected chi connectivity index (χ0v) is 16.0. The predicted molar refractivity (Wildman–Crippen MR) is 103 cm³/mol. The van der Waals surface area contributed by atoms with Crippen LogP contribution >= 0.6 is 0 Å². The fraction of sp³-hybridized carbons (Fsp3) is 0.300. The van der Waals surface area contributed by atoms with Gasteiger partial charge in [-0.15, -0.1) is 0 Å². The number of fused-ring (bicyclic) bond motifs is 1. The summed E-state index contributed by atoms with van der Waals surface area (Å²) in [5, 5.41) is 0.912. The van der Waals surface area contributed by atoms with Gasteiger partial charge in [0, 0.05) is 11.6 Å². The third-order valence-electron chi connectivity index (χ3n) is 4.27. The van der Waals surface area contributed by atoms with Crippen LogP contribution in [0.5, 0.6) is 11.5 Å². The molecule has 0 aliphatic carbocycles. The van der Waals surface area contributed by atoms with E-state index in [1.165, 1.54) is 3.97 Å². The Hall–Kier alpha value is -2.47. The zero-order chi connectivity index (χ0) is 18.7. The average molecular weight is 373 g/mol. The van der Waals surface area contributed by atoms with Crippen LogP contribution < -0.4 is 9.47 Å². The van der Waals surface area contributed by atoms with E-state index in [1.807, 2.05) is 19.1 Å². The highest BCUT2D eigenvalue weighted by molar-refractivity contribution is 7.90. The molecule has 0 N–H and O–H groups in total. The van der Waals surface area contributed by atoms with Gasteiger partial charge in [-0.3, -0.25) is 0 Å². The third-order valence-corrected chi connectivity index (χ3v) is 5.96. The fourth-order valence-corrected chi connectivity index (χ4v) is 4.42. The molecule has 0 saturated heterocycles. The SMILES string of the molecule is CCCc1cn(S(=O)(=O)c2ccc(OC)cc2)c2ccc(OCC)cc12. The lowest BCUT2D eigenvalue weighted by Crippen LogP contribution is -2.11. The maximum atomic E-state index is 13.2. The maximum absolute atomic E-state index is 13.2. The first-order valence-electron chi connectivity index (χ1n) is 8.67. The number of aromatic nitrogens is 1. The number of methoxy groups -OCH3 is 1. The summed E-state index contributed by atoms with van der Waals surface area (Å²) >= 11 is 0. The van der Waals surface area contributed by atoms with Gasteiger partial charge in [0.15, 0.2) is 0 Å². The molecular formula is C20H23NO4S. The quantitative estimate of drug-likeness (QED) is 0.622. The first-order chi connectivity index (χ1) is 12.5. The van der Waals surface area contributed by atoms with Crippen LogP contribution in [0.1, 0.15) is 25.8 Å². The summed E-state index contributed by atoms with van der Waals surface area (Å²) in [5.74, 6) is 1.37. The molecule has 0 spiro atoms. The normalized spacial score (nSPS) is 11.7. The molecule has 0 amide bonds. The van der Waals surface area contributed by atoms with E-state index < -0.39 is 10.0 Å². The van der Waals surface area contributed by atoms with Crippen molar-refractivity contribution in [1.82, 2.24) is 3.97 Å². The van der Waals surface area contributed by atoms with E-state index in [0.717, 1.165) is 29.5 Å². The van der Waals surface area contributed by atoms with Crippen LogP contribution in [-0.4, -0.2) is 26.1 Å². The van der Waals surface area contributed by atoms with Gasteiger partial charge in [0.25, 0.3) is 10.0 Å². The summed E-state index contributed by atoms with van der Waals surface area (Å²) in [4.78, 5) is 0.229. The highest BCUT2D eigenvalue weighted by Gasteiger charge is 2.21. The highest BCUT2D eigenvalue weighted by Crippen LogP contribution is 2.30. The molecule has 0 aliphatic rings. The lowest BCUT2D eigenvalue weighted by Gasteiger charge is -2.09. The Morgan fingerprint density at radius 2 is 1.69 bits per heavy atom. The van der Waals surface area contributed by atoms with E-state index in [2.05, 4.69) is 6.92 Å². The largest absolute Gasteiger partial charge is 0.497 e. The summed E-state index contributed by atoms with van der Waals surface area (Å²) in [7, 11) is -2.14. The smallest absolute Gasteiger partial charge is 0.268 e. The van der Waals surface area contributed by atoms with Gasteiger partial charge in [0.2, 0.25) is 0 Å². The molecule has 2 aromatic carbocycles. The molecule has 0 radical (unpaired) electrons. The van der Waals surface area contributed by atoms with Crippen LogP contribution in [-0.2, 0) is 16.4 Å². The van der Waals surface area contributed by atoms with Crippen molar-refractivity contribution in [1.29, 1.82) is 0 Å². The van der Waals surface area contributed by atoms with Crippen molar-refractivity contribution in [2.75, 3.05) is 13.7 Å². The minimum absolute atomic E-state index is 0.229. The van der Waals surface area contributed by atoms with Gasteiger partial charge < -0.3 is 9.47 Å². The molecule has 1 aromatic heterocycles. The monoisotopic (exact) mass is 373 g/mol. The molecule has 1 heterocycles. The van der Waals surface area contributed by atoms with E-state index in [4.69, 9.17) is 9.47 Å². The number of nitrogens with zero attached hydrogens (tertiary/aromatic N) is 1. The van der Waals surface area contributed by atoms with Crippen LogP contribution in [0.2, 0.25) is 0 Å². The lowest BCUT2D eigenvalue weighted by molar-refractivity contribution is 0.340. The molecule has 0 aliphatic heterocycles. The minimum atomic E-state index is -3.69. The molecule has 0 unspecified atom stereocenters. The van der Waals surface area contributed by atoms with Crippen molar-refractivity contribution in [2.45, 2.75) is 31.6 Å². The van der Waals surface area contributed by atoms with Gasteiger partial charge in [-0.25, -0.2) is 12.4 Å². The first-order valence-corrected chi connectivity index (χ1v) is 10.1. The second-order valence-electron chi connectivity index (χ2n) is 5.99. The molecule has 0 bridgehead atoms. The number of hydrogen-bond donors (Lipinski definition) is 0. The Labute approximate surface area is 154 Å². The van der Waals surface area contributed by atoms with Crippen LogP contribution in [0, 0.1) is 0 Å². The second-order valence-corrected chi connectivity index (χ2v) is 7.81. The predicted octanol–water partition coefficient (Wildman–Crippen LogP) is 4.24. The Morgan fingerprint density at radius 1 is 1.00 bits per heavy atom. The summed E-state index contributed by atoms with van der Waals surface area (Å²) in [5.41, 5.74) is 1.66. The van der Waals surface area contributed by atoms with Gasteiger partial charge >= 0.3 is 0 Å². The lowest BCUT2D eigenvalue weighted by atomic mass is 10.1. The van der Waals surface area contributed by atoms with Gasteiger partial charge in [-0.2, -0.15) is 0 Å². The van der Waals surface area contributed by atoms with Crippen molar-refractivity contribution in [3.63, 3.8) is 0 Å². The van der Waals surface area contributed by atoms with Crippen LogP contribution in [0.4, 0.5) is 0 Å². The fourth-order valence-electron chi connectivity index (χ4n) is 3.03. The Morgan fingerprint density at radius 3 is 2.31 bits per heavy atom. The number of ether oxygens (including phenoxy) is 2. The molecule has 3 rings (SSSR count). The Bertz CT molecular complexity index is 1000. The number of benzene rings is 2. The van der Waals surface area contributed by atoms with Crippen molar-refractivity contribution in [2.24, 2.45) is 0 Å². The van der Waals surface area contributed by atoms with Crippen molar-refractivity contribution >= 4 is 20.9 Å². The van der Waals surface area contributed by atoms with E-state index in [-0.39, 0.29) is 4.90 Å². The van der Waals surface area contributed by atoms with Gasteiger partial charge in [0.05, 0.1) is 24.1 Å². The highest BCUT2D eigenvalue weighted by atomic mass is 32.2. The molecule has 3 aromatic rings. The van der Waals surface area contributed by atoms with Crippen molar-refractivity contribution in [3.8, 4) is 11.5 Å². The maximum Gasteiger partial charge on any atom is 0.268 e. The second kappa shape index (κ2) is 7.41. The minimum Gasteiger partial charge on any atom is -0.497 e. The van der Waals surface area contributed by atoms with E-state index >= 15 is 0 Å². The number of rotatable bonds is 7. The third kappa shape index (κ3) is 3.29. The van der Waals surface area contributed by atoms with Gasteiger partial charge in [-0.1, -0.05) is 13.3 Å². The molecule has 26 heavy (non-hydrogen) atoms. The van der Waals surface area contributed by atoms with Crippen molar-refractivity contribution < 1.29 is 17.9 Å². The molecule has 0 saturated carbocycles. The van der Waals surface area contributed by atoms with E-state index in [9.17, 15) is 8.42 Å². The molecule has 0 atom stereocenters. The molecule has 0 fully saturated rings. The molecule has 6 heteroatoms. The van der Waals surface area contributed by atoms with Crippen LogP contribution in [0.3, 0.4) is 0 Å². The summed E-state index contributed by atoms with van der Waals surface area (Å²) < 4.78 is 38.4. The zero-order valence-electron chi connectivity index (χ0n) is 15.2. The molecular weight excluding hydrogens is 350 g/mol. The van der Waals surface area contributed by atoms with Gasteiger partial charge in [0.1, 0.15) is 11.5 Å². The van der Waals surface area contributed by atoms with E-state index in [1.54, 1.807) is 43.6 Å². The molecule has 5 nitrogen and oxygen atoms in total. The summed E-state index contributed by atoms with van der Waals surface area (Å²) in [6.07, 6.45) is 3.46.